The number of hydrogen-bond donors (Lipinski definition) is 1. The van der Waals surface area contributed by atoms with Crippen molar-refractivity contribution in [1.29, 1.82) is 0 Å². The van der Waals surface area contributed by atoms with Gasteiger partial charge in [0.2, 0.25) is 0 Å². The number of benzene rings is 1. The van der Waals surface area contributed by atoms with Crippen molar-refractivity contribution in [2.45, 2.75) is 38.7 Å². The third-order valence-corrected chi connectivity index (χ3v) is 5.21. The zero-order chi connectivity index (χ0) is 13.4. The van der Waals surface area contributed by atoms with E-state index in [4.69, 9.17) is 0 Å². The molecule has 1 N–H and O–H groups in total. The number of aliphatic hydroxyl groups excluding tert-OH is 1. The van der Waals surface area contributed by atoms with Gasteiger partial charge in [0.05, 0.1) is 6.10 Å². The van der Waals surface area contributed by atoms with E-state index >= 15 is 0 Å². The molecule has 2 heteroatoms. The Hall–Kier alpha value is -1.02. The maximum atomic E-state index is 9.54. The van der Waals surface area contributed by atoms with Crippen molar-refractivity contribution >= 4 is 5.69 Å². The lowest BCUT2D eigenvalue weighted by molar-refractivity contribution is 0.199. The molecule has 19 heavy (non-hydrogen) atoms. The molecule has 2 aliphatic rings. The molecule has 1 aromatic carbocycles. The van der Waals surface area contributed by atoms with Crippen LogP contribution in [0.2, 0.25) is 0 Å². The van der Waals surface area contributed by atoms with Gasteiger partial charge >= 0.3 is 0 Å². The summed E-state index contributed by atoms with van der Waals surface area (Å²) in [4.78, 5) is 2.39. The molecule has 2 saturated carbocycles. The highest BCUT2D eigenvalue weighted by atomic mass is 16.3. The second kappa shape index (κ2) is 5.16. The van der Waals surface area contributed by atoms with E-state index in [1.165, 1.54) is 37.9 Å². The molecule has 4 atom stereocenters. The first kappa shape index (κ1) is 13.0. The molecule has 0 aliphatic heterocycles. The molecule has 2 nitrogen and oxygen atoms in total. The van der Waals surface area contributed by atoms with Crippen molar-refractivity contribution < 1.29 is 5.11 Å². The van der Waals surface area contributed by atoms with Gasteiger partial charge in [0.1, 0.15) is 0 Å². The lowest BCUT2D eigenvalue weighted by atomic mass is 9.88. The van der Waals surface area contributed by atoms with Crippen molar-refractivity contribution in [2.24, 2.45) is 17.8 Å². The minimum Gasteiger partial charge on any atom is -0.389 e. The van der Waals surface area contributed by atoms with Crippen LogP contribution in [-0.2, 0) is 0 Å². The van der Waals surface area contributed by atoms with Crippen LogP contribution in [-0.4, -0.2) is 18.7 Å². The Morgan fingerprint density at radius 2 is 1.95 bits per heavy atom. The van der Waals surface area contributed by atoms with Crippen molar-refractivity contribution in [1.82, 2.24) is 0 Å². The van der Waals surface area contributed by atoms with Gasteiger partial charge in [-0.05, 0) is 61.6 Å². The molecule has 2 bridgehead atoms. The molecule has 3 rings (SSSR count). The molecule has 3 unspecified atom stereocenters. The Bertz CT molecular complexity index is 425. The van der Waals surface area contributed by atoms with Crippen LogP contribution in [0.3, 0.4) is 0 Å². The van der Waals surface area contributed by atoms with Gasteiger partial charge in [0, 0.05) is 19.3 Å². The van der Waals surface area contributed by atoms with Crippen molar-refractivity contribution in [3.8, 4) is 0 Å². The SMILES string of the molecule is C[C@H](O)c1ccc(N(C)CC2CC3CCC2C3)cc1. The molecule has 0 aromatic heterocycles. The maximum Gasteiger partial charge on any atom is 0.0761 e. The van der Waals surface area contributed by atoms with E-state index in [0.29, 0.717) is 0 Å². The van der Waals surface area contributed by atoms with Crippen LogP contribution < -0.4 is 4.90 Å². The minimum atomic E-state index is -0.370. The van der Waals surface area contributed by atoms with Gasteiger partial charge in [-0.2, -0.15) is 0 Å². The summed E-state index contributed by atoms with van der Waals surface area (Å²) in [6, 6.07) is 8.35. The fourth-order valence-corrected chi connectivity index (χ4v) is 4.06. The zero-order valence-electron chi connectivity index (χ0n) is 12.0. The van der Waals surface area contributed by atoms with E-state index in [0.717, 1.165) is 23.3 Å². The summed E-state index contributed by atoms with van der Waals surface area (Å²) in [5.74, 6) is 2.92. The van der Waals surface area contributed by atoms with Gasteiger partial charge in [-0.25, -0.2) is 0 Å². The van der Waals surface area contributed by atoms with Crippen LogP contribution in [0.5, 0.6) is 0 Å². The summed E-state index contributed by atoms with van der Waals surface area (Å²) in [7, 11) is 2.20. The zero-order valence-corrected chi connectivity index (χ0v) is 12.0. The standard InChI is InChI=1S/C17H25NO/c1-12(19)14-5-7-17(8-6-14)18(2)11-16-10-13-3-4-15(16)9-13/h5-8,12-13,15-16,19H,3-4,9-11H2,1-2H3/t12-,13?,15?,16?/m0/s1. The molecule has 1 aromatic rings. The van der Waals surface area contributed by atoms with Crippen molar-refractivity contribution in [3.05, 3.63) is 29.8 Å². The summed E-state index contributed by atoms with van der Waals surface area (Å²) in [5.41, 5.74) is 2.27. The second-order valence-electron chi connectivity index (χ2n) is 6.58. The molecule has 0 amide bonds. The summed E-state index contributed by atoms with van der Waals surface area (Å²) in [6.45, 7) is 3.00. The normalized spacial score (nSPS) is 30.6. The average molecular weight is 259 g/mol. The van der Waals surface area contributed by atoms with Gasteiger partial charge in [-0.15, -0.1) is 0 Å². The summed E-state index contributed by atoms with van der Waals surface area (Å²) in [5, 5.41) is 9.54. The Morgan fingerprint density at radius 1 is 1.21 bits per heavy atom. The first-order valence-electron chi connectivity index (χ1n) is 7.62. The highest BCUT2D eigenvalue weighted by molar-refractivity contribution is 5.47. The third-order valence-electron chi connectivity index (χ3n) is 5.21. The van der Waals surface area contributed by atoms with Crippen LogP contribution in [0.1, 0.15) is 44.3 Å². The van der Waals surface area contributed by atoms with Crippen molar-refractivity contribution in [2.75, 3.05) is 18.5 Å². The van der Waals surface area contributed by atoms with Crippen LogP contribution in [0.4, 0.5) is 5.69 Å². The van der Waals surface area contributed by atoms with E-state index in [1.807, 2.05) is 19.1 Å². The smallest absolute Gasteiger partial charge is 0.0761 e. The number of hydrogen-bond acceptors (Lipinski definition) is 2. The molecular weight excluding hydrogens is 234 g/mol. The minimum absolute atomic E-state index is 0.370. The van der Waals surface area contributed by atoms with Gasteiger partial charge in [0.15, 0.2) is 0 Å². The Balaban J connectivity index is 1.62. The topological polar surface area (TPSA) is 23.5 Å². The van der Waals surface area contributed by atoms with Gasteiger partial charge < -0.3 is 10.0 Å². The molecule has 2 aliphatic carbocycles. The average Bonchev–Trinajstić information content (AvgIpc) is 3.01. The first-order chi connectivity index (χ1) is 9.13. The van der Waals surface area contributed by atoms with Crippen LogP contribution in [0.15, 0.2) is 24.3 Å². The molecule has 0 radical (unpaired) electrons. The second-order valence-corrected chi connectivity index (χ2v) is 6.58. The molecule has 0 heterocycles. The fraction of sp³-hybridized carbons (Fsp3) is 0.647. The molecule has 0 spiro atoms. The molecule has 104 valence electrons. The highest BCUT2D eigenvalue weighted by Gasteiger charge is 2.39. The van der Waals surface area contributed by atoms with Gasteiger partial charge in [-0.1, -0.05) is 18.6 Å². The number of aliphatic hydroxyl groups is 1. The number of rotatable bonds is 4. The van der Waals surface area contributed by atoms with Gasteiger partial charge in [0.25, 0.3) is 0 Å². The highest BCUT2D eigenvalue weighted by Crippen LogP contribution is 2.48. The Kier molecular flexibility index (Phi) is 3.53. The van der Waals surface area contributed by atoms with E-state index in [9.17, 15) is 5.11 Å². The lowest BCUT2D eigenvalue weighted by Crippen LogP contribution is -2.28. The number of anilines is 1. The third kappa shape index (κ3) is 2.64. The predicted octanol–water partition coefficient (Wildman–Crippen LogP) is 3.61. The summed E-state index contributed by atoms with van der Waals surface area (Å²) in [6.07, 6.45) is 5.50. The van der Waals surface area contributed by atoms with E-state index in [-0.39, 0.29) is 6.10 Å². The summed E-state index contributed by atoms with van der Waals surface area (Å²) >= 11 is 0. The fourth-order valence-electron chi connectivity index (χ4n) is 4.06. The molecule has 2 fully saturated rings. The summed E-state index contributed by atoms with van der Waals surface area (Å²) < 4.78 is 0. The van der Waals surface area contributed by atoms with Crippen molar-refractivity contribution in [3.63, 3.8) is 0 Å². The van der Waals surface area contributed by atoms with E-state index in [2.05, 4.69) is 24.1 Å². The molecule has 0 saturated heterocycles. The monoisotopic (exact) mass is 259 g/mol. The Labute approximate surface area is 116 Å². The lowest BCUT2D eigenvalue weighted by Gasteiger charge is -2.28. The van der Waals surface area contributed by atoms with Gasteiger partial charge in [-0.3, -0.25) is 0 Å². The van der Waals surface area contributed by atoms with Crippen LogP contribution >= 0.6 is 0 Å². The quantitative estimate of drug-likeness (QED) is 0.893. The van der Waals surface area contributed by atoms with E-state index in [1.54, 1.807) is 0 Å². The first-order valence-corrected chi connectivity index (χ1v) is 7.62. The predicted molar refractivity (Wildman–Crippen MR) is 79.3 cm³/mol. The molecular formula is C17H25NO. The number of fused-ring (bicyclic) bond motifs is 2. The van der Waals surface area contributed by atoms with Crippen LogP contribution in [0, 0.1) is 17.8 Å². The van der Waals surface area contributed by atoms with Crippen LogP contribution in [0.25, 0.3) is 0 Å². The Morgan fingerprint density at radius 3 is 2.47 bits per heavy atom. The van der Waals surface area contributed by atoms with E-state index < -0.39 is 0 Å². The largest absolute Gasteiger partial charge is 0.389 e. The number of nitrogens with zero attached hydrogens (tertiary/aromatic N) is 1. The maximum absolute atomic E-state index is 9.54.